The summed E-state index contributed by atoms with van der Waals surface area (Å²) in [4.78, 5) is 14.2. The van der Waals surface area contributed by atoms with Gasteiger partial charge in [0.25, 0.3) is 0 Å². The van der Waals surface area contributed by atoms with Crippen molar-refractivity contribution < 1.29 is 9.53 Å². The van der Waals surface area contributed by atoms with Crippen LogP contribution in [0.5, 0.6) is 0 Å². The van der Waals surface area contributed by atoms with Crippen molar-refractivity contribution in [1.82, 2.24) is 14.7 Å². The van der Waals surface area contributed by atoms with E-state index >= 15 is 0 Å². The van der Waals surface area contributed by atoms with Crippen LogP contribution in [0.4, 0.5) is 10.6 Å². The Labute approximate surface area is 120 Å². The molecular formula is C14H24N4O2. The highest BCUT2D eigenvalue weighted by atomic mass is 16.5. The molecule has 0 bridgehead atoms. The van der Waals surface area contributed by atoms with Crippen molar-refractivity contribution in [3.05, 3.63) is 11.8 Å². The first kappa shape index (κ1) is 14.8. The quantitative estimate of drug-likeness (QED) is 0.921. The molecule has 112 valence electrons. The van der Waals surface area contributed by atoms with Crippen LogP contribution in [0.3, 0.4) is 0 Å². The third-order valence-corrected chi connectivity index (χ3v) is 3.90. The lowest BCUT2D eigenvalue weighted by molar-refractivity contribution is -0.0860. The molecule has 0 unspecified atom stereocenters. The molecule has 6 heteroatoms. The Morgan fingerprint density at radius 2 is 2.30 bits per heavy atom. The van der Waals surface area contributed by atoms with Gasteiger partial charge in [0.2, 0.25) is 0 Å². The second-order valence-corrected chi connectivity index (χ2v) is 5.50. The van der Waals surface area contributed by atoms with Crippen LogP contribution in [-0.4, -0.2) is 46.0 Å². The predicted molar refractivity (Wildman–Crippen MR) is 77.8 cm³/mol. The third-order valence-electron chi connectivity index (χ3n) is 3.90. The molecule has 1 fully saturated rings. The van der Waals surface area contributed by atoms with E-state index in [1.165, 1.54) is 0 Å². The third kappa shape index (κ3) is 3.12. The second kappa shape index (κ2) is 5.83. The normalized spacial score (nSPS) is 22.9. The number of rotatable bonds is 3. The minimum Gasteiger partial charge on any atom is -0.372 e. The maximum atomic E-state index is 12.3. The van der Waals surface area contributed by atoms with Crippen molar-refractivity contribution in [2.24, 2.45) is 7.05 Å². The number of hydrogen-bond acceptors (Lipinski definition) is 3. The molecule has 2 amide bonds. The number of anilines is 1. The minimum atomic E-state index is -0.239. The first-order valence-electron chi connectivity index (χ1n) is 7.20. The lowest BCUT2D eigenvalue weighted by Crippen LogP contribution is -2.53. The van der Waals surface area contributed by atoms with E-state index in [4.69, 9.17) is 4.74 Å². The first-order valence-corrected chi connectivity index (χ1v) is 7.20. The van der Waals surface area contributed by atoms with Gasteiger partial charge < -0.3 is 9.64 Å². The molecule has 1 aliphatic heterocycles. The van der Waals surface area contributed by atoms with Crippen molar-refractivity contribution in [3.8, 4) is 0 Å². The smallest absolute Gasteiger partial charge is 0.323 e. The molecule has 0 aromatic carbocycles. The van der Waals surface area contributed by atoms with Gasteiger partial charge in [-0.2, -0.15) is 5.10 Å². The molecule has 1 aromatic heterocycles. The van der Waals surface area contributed by atoms with Crippen LogP contribution in [0.2, 0.25) is 0 Å². The van der Waals surface area contributed by atoms with Crippen molar-refractivity contribution in [3.63, 3.8) is 0 Å². The fraction of sp³-hybridized carbons (Fsp3) is 0.714. The standard InChI is InChI=1S/C14H24N4O2/c1-5-11-9-12(17(4)16-11)15-13(19)18-7-8-20-14(3,6-2)10-18/h9H,5-8,10H2,1-4H3,(H,15,19)/t14-/m0/s1. The van der Waals surface area contributed by atoms with Gasteiger partial charge in [0.05, 0.1) is 24.4 Å². The Kier molecular flexibility index (Phi) is 4.32. The van der Waals surface area contributed by atoms with Gasteiger partial charge in [0.1, 0.15) is 5.82 Å². The first-order chi connectivity index (χ1) is 9.47. The number of aromatic nitrogens is 2. The highest BCUT2D eigenvalue weighted by Crippen LogP contribution is 2.21. The lowest BCUT2D eigenvalue weighted by Gasteiger charge is -2.39. The molecule has 2 rings (SSSR count). The zero-order valence-corrected chi connectivity index (χ0v) is 12.8. The highest BCUT2D eigenvalue weighted by molar-refractivity contribution is 5.88. The Hall–Kier alpha value is -1.56. The molecule has 1 atom stereocenters. The lowest BCUT2D eigenvalue weighted by atomic mass is 10.0. The summed E-state index contributed by atoms with van der Waals surface area (Å²) in [7, 11) is 1.84. The van der Waals surface area contributed by atoms with Crippen molar-refractivity contribution in [2.45, 2.75) is 39.2 Å². The van der Waals surface area contributed by atoms with E-state index in [0.29, 0.717) is 19.7 Å². The molecule has 1 saturated heterocycles. The van der Waals surface area contributed by atoms with Crippen LogP contribution in [0.25, 0.3) is 0 Å². The molecule has 1 aliphatic rings. The van der Waals surface area contributed by atoms with Gasteiger partial charge in [0.15, 0.2) is 0 Å². The zero-order valence-electron chi connectivity index (χ0n) is 12.8. The topological polar surface area (TPSA) is 59.4 Å². The van der Waals surface area contributed by atoms with E-state index in [1.54, 1.807) is 4.68 Å². The number of amides is 2. The summed E-state index contributed by atoms with van der Waals surface area (Å²) in [5.41, 5.74) is 0.736. The van der Waals surface area contributed by atoms with Crippen LogP contribution in [0, 0.1) is 0 Å². The summed E-state index contributed by atoms with van der Waals surface area (Å²) in [5, 5.41) is 7.26. The Balaban J connectivity index is 2.02. The summed E-state index contributed by atoms with van der Waals surface area (Å²) in [6.07, 6.45) is 1.75. The maximum Gasteiger partial charge on any atom is 0.323 e. The van der Waals surface area contributed by atoms with Crippen molar-refractivity contribution in [1.29, 1.82) is 0 Å². The van der Waals surface area contributed by atoms with Crippen LogP contribution >= 0.6 is 0 Å². The zero-order chi connectivity index (χ0) is 14.8. The number of carbonyl (C=O) groups is 1. The molecule has 0 radical (unpaired) electrons. The molecule has 2 heterocycles. The largest absolute Gasteiger partial charge is 0.372 e. The van der Waals surface area contributed by atoms with Crippen molar-refractivity contribution >= 4 is 11.8 Å². The number of nitrogens with one attached hydrogen (secondary N) is 1. The summed E-state index contributed by atoms with van der Waals surface area (Å²) < 4.78 is 7.46. The Bertz CT molecular complexity index is 486. The molecule has 1 aromatic rings. The number of hydrogen-bond donors (Lipinski definition) is 1. The average Bonchev–Trinajstić information content (AvgIpc) is 2.79. The number of morpholine rings is 1. The van der Waals surface area contributed by atoms with Crippen LogP contribution in [0.1, 0.15) is 32.9 Å². The second-order valence-electron chi connectivity index (χ2n) is 5.50. The van der Waals surface area contributed by atoms with Crippen LogP contribution < -0.4 is 5.32 Å². The highest BCUT2D eigenvalue weighted by Gasteiger charge is 2.32. The van der Waals surface area contributed by atoms with E-state index in [2.05, 4.69) is 17.3 Å². The van der Waals surface area contributed by atoms with E-state index in [9.17, 15) is 4.79 Å². The summed E-state index contributed by atoms with van der Waals surface area (Å²) in [6.45, 7) is 8.00. The molecule has 0 saturated carbocycles. The van der Waals surface area contributed by atoms with E-state index in [1.807, 2.05) is 31.9 Å². The number of ether oxygens (including phenoxy) is 1. The Morgan fingerprint density at radius 3 is 2.90 bits per heavy atom. The minimum absolute atomic E-state index is 0.0846. The van der Waals surface area contributed by atoms with Gasteiger partial charge in [-0.25, -0.2) is 4.79 Å². The summed E-state index contributed by atoms with van der Waals surface area (Å²) in [5.74, 6) is 0.733. The fourth-order valence-electron chi connectivity index (χ4n) is 2.32. The van der Waals surface area contributed by atoms with Gasteiger partial charge >= 0.3 is 6.03 Å². The van der Waals surface area contributed by atoms with Gasteiger partial charge in [0, 0.05) is 19.7 Å². The van der Waals surface area contributed by atoms with E-state index in [0.717, 1.165) is 24.4 Å². The summed E-state index contributed by atoms with van der Waals surface area (Å²) in [6, 6.07) is 1.83. The molecular weight excluding hydrogens is 256 g/mol. The molecule has 20 heavy (non-hydrogen) atoms. The number of carbonyl (C=O) groups excluding carboxylic acids is 1. The van der Waals surface area contributed by atoms with Gasteiger partial charge in [-0.05, 0) is 19.8 Å². The SMILES string of the molecule is CCc1cc(NC(=O)N2CCO[C@@](C)(CC)C2)n(C)n1. The van der Waals surface area contributed by atoms with Gasteiger partial charge in [-0.3, -0.25) is 10.00 Å². The predicted octanol–water partition coefficient (Wildman–Crippen LogP) is 2.02. The molecule has 1 N–H and O–H groups in total. The summed E-state index contributed by atoms with van der Waals surface area (Å²) >= 11 is 0. The van der Waals surface area contributed by atoms with E-state index < -0.39 is 0 Å². The Morgan fingerprint density at radius 1 is 1.55 bits per heavy atom. The molecule has 0 aliphatic carbocycles. The fourth-order valence-corrected chi connectivity index (χ4v) is 2.32. The van der Waals surface area contributed by atoms with Crippen molar-refractivity contribution in [2.75, 3.05) is 25.0 Å². The van der Waals surface area contributed by atoms with Gasteiger partial charge in [-0.1, -0.05) is 13.8 Å². The van der Waals surface area contributed by atoms with Crippen LogP contribution in [-0.2, 0) is 18.2 Å². The van der Waals surface area contributed by atoms with E-state index in [-0.39, 0.29) is 11.6 Å². The molecule has 0 spiro atoms. The maximum absolute atomic E-state index is 12.3. The monoisotopic (exact) mass is 280 g/mol. The number of nitrogens with zero attached hydrogens (tertiary/aromatic N) is 3. The molecule has 6 nitrogen and oxygen atoms in total. The average molecular weight is 280 g/mol. The van der Waals surface area contributed by atoms with Gasteiger partial charge in [-0.15, -0.1) is 0 Å². The number of aryl methyl sites for hydroxylation is 2. The van der Waals surface area contributed by atoms with Crippen LogP contribution in [0.15, 0.2) is 6.07 Å². The number of urea groups is 1.